The molecular weight excluding hydrogens is 885 g/mol. The lowest BCUT2D eigenvalue weighted by Crippen LogP contribution is -2.42. The minimum Gasteiger partial charge on any atom is -0.481 e. The first kappa shape index (κ1) is 50.0. The van der Waals surface area contributed by atoms with Gasteiger partial charge in [0.25, 0.3) is 0 Å². The van der Waals surface area contributed by atoms with Gasteiger partial charge in [-0.05, 0) is 107 Å². The maximum atomic E-state index is 13.5. The number of esters is 1. The molecule has 2 atom stereocenters. The summed E-state index contributed by atoms with van der Waals surface area (Å²) in [5.41, 5.74) is 2.88. The minimum atomic E-state index is -3.78. The molecule has 4 saturated heterocycles. The van der Waals surface area contributed by atoms with Gasteiger partial charge in [-0.1, -0.05) is 41.5 Å². The fourth-order valence-corrected chi connectivity index (χ4v) is 12.8. The van der Waals surface area contributed by atoms with E-state index in [1.54, 1.807) is 31.2 Å². The lowest BCUT2D eigenvalue weighted by atomic mass is 9.94. The van der Waals surface area contributed by atoms with Crippen LogP contribution in [0.2, 0.25) is 0 Å². The van der Waals surface area contributed by atoms with Gasteiger partial charge in [0.1, 0.15) is 11.6 Å². The highest BCUT2D eigenvalue weighted by Crippen LogP contribution is 2.34. The monoisotopic (exact) mass is 954 g/mol. The number of hydrogen-bond donors (Lipinski definition) is 1. The van der Waals surface area contributed by atoms with Crippen LogP contribution in [0.3, 0.4) is 0 Å². The summed E-state index contributed by atoms with van der Waals surface area (Å²) in [5.74, 6) is 0.588. The van der Waals surface area contributed by atoms with Gasteiger partial charge in [0.15, 0.2) is 0 Å². The number of hydrogen-bond acceptors (Lipinski definition) is 11. The lowest BCUT2D eigenvalue weighted by molar-refractivity contribution is -0.149. The second-order valence-electron chi connectivity index (χ2n) is 20.5. The molecule has 2 unspecified atom stereocenters. The normalized spacial score (nSPS) is 21.4. The van der Waals surface area contributed by atoms with Crippen molar-refractivity contribution in [3.8, 4) is 0 Å². The highest BCUT2D eigenvalue weighted by Gasteiger charge is 2.36. The number of aliphatic carboxylic acids is 1. The Labute approximate surface area is 390 Å². The molecular formula is C48H70N6O10S2. The summed E-state index contributed by atoms with van der Waals surface area (Å²) in [5, 5.41) is 9.34. The fourth-order valence-electron chi connectivity index (χ4n) is 9.70. The molecule has 0 aliphatic carbocycles. The number of ether oxygens (including phenoxy) is 3. The van der Waals surface area contributed by atoms with Crippen molar-refractivity contribution in [3.05, 3.63) is 48.0 Å². The third-order valence-electron chi connectivity index (χ3n) is 13.4. The van der Waals surface area contributed by atoms with E-state index in [2.05, 4.69) is 50.7 Å². The maximum absolute atomic E-state index is 13.5. The Morgan fingerprint density at radius 1 is 0.667 bits per heavy atom. The van der Waals surface area contributed by atoms with Crippen molar-refractivity contribution in [3.63, 3.8) is 0 Å². The molecule has 0 bridgehead atoms. The average Bonchev–Trinajstić information content (AvgIpc) is 3.85. The van der Waals surface area contributed by atoms with Crippen LogP contribution in [0.5, 0.6) is 0 Å². The molecule has 6 heterocycles. The Kier molecular flexibility index (Phi) is 15.4. The van der Waals surface area contributed by atoms with Crippen LogP contribution in [-0.2, 0) is 67.8 Å². The molecule has 2 aromatic heterocycles. The van der Waals surface area contributed by atoms with Crippen molar-refractivity contribution in [1.82, 2.24) is 27.7 Å². The molecule has 16 nitrogen and oxygen atoms in total. The number of carbonyl (C=O) groups excluding carboxylic acids is 1. The fraction of sp³-hybridized carbons (Fsp3) is 0.667. The number of sulfonamides is 2. The van der Waals surface area contributed by atoms with E-state index in [-0.39, 0.29) is 39.7 Å². The number of rotatable bonds is 11. The smallest absolute Gasteiger partial charge is 0.310 e. The van der Waals surface area contributed by atoms with E-state index in [1.807, 2.05) is 12.1 Å². The third kappa shape index (κ3) is 11.2. The summed E-state index contributed by atoms with van der Waals surface area (Å²) < 4.78 is 76.9. The summed E-state index contributed by atoms with van der Waals surface area (Å²) in [4.78, 5) is 33.8. The summed E-state index contributed by atoms with van der Waals surface area (Å²) >= 11 is 0. The molecule has 4 fully saturated rings. The zero-order valence-electron chi connectivity index (χ0n) is 39.8. The predicted molar refractivity (Wildman–Crippen MR) is 251 cm³/mol. The standard InChI is InChI=1S/C25H37N3O5S.C23H33N3O5S/c1-5-33-23(29)19-7-6-12-27(17-19)34(30,31)20-8-9-22-21(15-20)26-24(25(2,3)4)28(22)16-18-10-13-32-14-11-18;1-23(2,3)22-24-19-13-18(32(29,30)25-10-4-5-17(15-25)21(27)28)6-7-20(19)26(22)14-16-8-11-31-12-9-16/h8-9,15,18-19H,5-7,10-14,16-17H2,1-4H3;6-7,13,16-17H,4-5,8-12,14-15H2,1-3H3,(H,27,28). The van der Waals surface area contributed by atoms with E-state index in [0.717, 1.165) is 87.9 Å². The quantitative estimate of drug-likeness (QED) is 0.152. The molecule has 4 aromatic rings. The van der Waals surface area contributed by atoms with Crippen LogP contribution < -0.4 is 0 Å². The zero-order chi connectivity index (χ0) is 47.6. The number of carboxylic acid groups (broad SMARTS) is 1. The Morgan fingerprint density at radius 3 is 1.47 bits per heavy atom. The van der Waals surface area contributed by atoms with Crippen LogP contribution in [0.4, 0.5) is 0 Å². The number of piperidine rings is 2. The largest absolute Gasteiger partial charge is 0.481 e. The van der Waals surface area contributed by atoms with Crippen molar-refractivity contribution in [2.45, 2.75) is 134 Å². The number of carbonyl (C=O) groups is 2. The van der Waals surface area contributed by atoms with Gasteiger partial charge in [0, 0.05) is 76.5 Å². The SMILES string of the molecule is CC(C)(C)c1nc2cc(S(=O)(=O)N3CCCC(C(=O)O)C3)ccc2n1CC1CCOCC1.CCOC(=O)C1CCCN(S(=O)(=O)c2ccc3c(c2)nc(C(C)(C)C)n3CC2CCOCC2)C1. The number of carboxylic acids is 1. The van der Waals surface area contributed by atoms with Crippen molar-refractivity contribution in [1.29, 1.82) is 0 Å². The number of imidazole rings is 2. The zero-order valence-corrected chi connectivity index (χ0v) is 41.5. The topological polar surface area (TPSA) is 192 Å². The van der Waals surface area contributed by atoms with Gasteiger partial charge in [-0.2, -0.15) is 8.61 Å². The van der Waals surface area contributed by atoms with Gasteiger partial charge in [-0.3, -0.25) is 9.59 Å². The highest BCUT2D eigenvalue weighted by atomic mass is 32.2. The molecule has 4 aliphatic rings. The lowest BCUT2D eigenvalue weighted by Gasteiger charge is -2.30. The molecule has 2 aromatic carbocycles. The summed E-state index contributed by atoms with van der Waals surface area (Å²) in [6, 6.07) is 10.4. The molecule has 4 aliphatic heterocycles. The molecule has 8 rings (SSSR count). The van der Waals surface area contributed by atoms with Crippen molar-refractivity contribution < 1.29 is 45.7 Å². The van der Waals surface area contributed by atoms with Gasteiger partial charge < -0.3 is 28.5 Å². The first-order valence-corrected chi connectivity index (χ1v) is 26.6. The van der Waals surface area contributed by atoms with Gasteiger partial charge >= 0.3 is 11.9 Å². The van der Waals surface area contributed by atoms with Gasteiger partial charge in [0.2, 0.25) is 20.0 Å². The van der Waals surface area contributed by atoms with E-state index >= 15 is 0 Å². The van der Waals surface area contributed by atoms with Crippen LogP contribution in [-0.4, -0.2) is 121 Å². The van der Waals surface area contributed by atoms with Crippen LogP contribution in [0.15, 0.2) is 46.2 Å². The molecule has 0 saturated carbocycles. The van der Waals surface area contributed by atoms with Crippen molar-refractivity contribution in [2.75, 3.05) is 59.2 Å². The minimum absolute atomic E-state index is 0.0150. The third-order valence-corrected chi connectivity index (χ3v) is 17.1. The van der Waals surface area contributed by atoms with E-state index < -0.39 is 37.9 Å². The summed E-state index contributed by atoms with van der Waals surface area (Å²) in [7, 11) is -7.52. The predicted octanol–water partition coefficient (Wildman–Crippen LogP) is 6.97. The van der Waals surface area contributed by atoms with E-state index in [1.165, 1.54) is 8.61 Å². The number of nitrogens with zero attached hydrogens (tertiary/aromatic N) is 6. The molecule has 66 heavy (non-hydrogen) atoms. The molecule has 0 amide bonds. The molecule has 1 N–H and O–H groups in total. The first-order valence-electron chi connectivity index (χ1n) is 23.7. The first-order chi connectivity index (χ1) is 31.2. The van der Waals surface area contributed by atoms with E-state index in [4.69, 9.17) is 24.2 Å². The number of fused-ring (bicyclic) bond motifs is 2. The van der Waals surface area contributed by atoms with Gasteiger partial charge in [-0.15, -0.1) is 0 Å². The van der Waals surface area contributed by atoms with Crippen LogP contribution in [0.1, 0.15) is 111 Å². The Morgan fingerprint density at radius 2 is 1.08 bits per heavy atom. The average molecular weight is 955 g/mol. The highest BCUT2D eigenvalue weighted by molar-refractivity contribution is 7.89. The molecule has 0 spiro atoms. The second kappa shape index (κ2) is 20.3. The number of benzene rings is 2. The number of aromatic nitrogens is 4. The molecule has 364 valence electrons. The van der Waals surface area contributed by atoms with Gasteiger partial charge in [0.05, 0.1) is 50.3 Å². The van der Waals surface area contributed by atoms with Crippen molar-refractivity contribution in [2.24, 2.45) is 23.7 Å². The maximum Gasteiger partial charge on any atom is 0.310 e. The Balaban J connectivity index is 0.000000197. The van der Waals surface area contributed by atoms with Crippen molar-refractivity contribution >= 4 is 54.1 Å². The Hall–Kier alpha value is -3.94. The van der Waals surface area contributed by atoms with Gasteiger partial charge in [-0.25, -0.2) is 26.8 Å². The summed E-state index contributed by atoms with van der Waals surface area (Å²) in [6.07, 6.45) is 6.40. The molecule has 18 heteroatoms. The van der Waals surface area contributed by atoms with Crippen LogP contribution in [0.25, 0.3) is 22.1 Å². The summed E-state index contributed by atoms with van der Waals surface area (Å²) in [6.45, 7) is 20.5. The van der Waals surface area contributed by atoms with E-state index in [9.17, 15) is 31.5 Å². The van der Waals surface area contributed by atoms with Crippen LogP contribution in [0, 0.1) is 23.7 Å². The van der Waals surface area contributed by atoms with E-state index in [0.29, 0.717) is 68.2 Å². The second-order valence-corrected chi connectivity index (χ2v) is 24.4. The van der Waals surface area contributed by atoms with Crippen LogP contribution >= 0.6 is 0 Å². The Bertz CT molecular complexity index is 2580. The molecule has 0 radical (unpaired) electrons.